The molecule has 0 saturated carbocycles. The highest BCUT2D eigenvalue weighted by Gasteiger charge is 2.56. The van der Waals surface area contributed by atoms with Crippen molar-refractivity contribution in [2.24, 2.45) is 0 Å². The highest BCUT2D eigenvalue weighted by molar-refractivity contribution is 5.77. The number of rotatable bonds is 16. The fraction of sp³-hybridized carbons (Fsp3) is 0.941. The lowest BCUT2D eigenvalue weighted by Crippen LogP contribution is -2.70. The molecule has 5 rings (SSSR count). The molecule has 5 heterocycles. The Labute approximate surface area is 356 Å². The minimum Gasteiger partial charge on any atom is -0.394 e. The molecule has 0 radical (unpaired) electrons. The van der Waals surface area contributed by atoms with E-state index in [2.05, 4.69) is 10.6 Å². The average Bonchev–Trinajstić information content (AvgIpc) is 3.26. The molecular formula is C34H58N2O27. The summed E-state index contributed by atoms with van der Waals surface area (Å²) in [6, 6.07) is -3.39. The van der Waals surface area contributed by atoms with Gasteiger partial charge >= 0.3 is 0 Å². The van der Waals surface area contributed by atoms with Crippen LogP contribution in [0.5, 0.6) is 0 Å². The third-order valence-corrected chi connectivity index (χ3v) is 11.2. The maximum atomic E-state index is 12.4. The molecule has 0 aromatic rings. The number of hydrogen-bond acceptors (Lipinski definition) is 27. The molecule has 63 heavy (non-hydrogen) atoms. The summed E-state index contributed by atoms with van der Waals surface area (Å²) in [7, 11) is 0. The van der Waals surface area contributed by atoms with E-state index < -0.39 is 205 Å². The molecule has 5 saturated heterocycles. The van der Waals surface area contributed by atoms with Crippen LogP contribution < -0.4 is 10.6 Å². The van der Waals surface area contributed by atoms with Crippen LogP contribution in [0.15, 0.2) is 0 Å². The Hall–Kier alpha value is -2.06. The molecule has 0 aliphatic carbocycles. The van der Waals surface area contributed by atoms with Crippen LogP contribution in [0.3, 0.4) is 0 Å². The van der Waals surface area contributed by atoms with E-state index in [0.29, 0.717) is 0 Å². The number of ether oxygens (including phenoxy) is 9. The number of carbonyl (C=O) groups is 2. The number of carbonyl (C=O) groups excluding carboxylic acids is 2. The Kier molecular flexibility index (Phi) is 18.6. The van der Waals surface area contributed by atoms with Crippen LogP contribution in [-0.4, -0.2) is 287 Å². The molecular weight excluding hydrogens is 868 g/mol. The zero-order valence-electron chi connectivity index (χ0n) is 33.3. The highest BCUT2D eigenvalue weighted by Crippen LogP contribution is 2.35. The van der Waals surface area contributed by atoms with Gasteiger partial charge in [-0.25, -0.2) is 0 Å². The number of aliphatic hydroxyl groups excluding tert-OH is 16. The van der Waals surface area contributed by atoms with Crippen LogP contribution in [0, 0.1) is 0 Å². The maximum Gasteiger partial charge on any atom is 0.246 e. The largest absolute Gasteiger partial charge is 0.394 e. The van der Waals surface area contributed by atoms with Crippen molar-refractivity contribution >= 4 is 11.8 Å². The first kappa shape index (κ1) is 51.9. The molecule has 18 N–H and O–H groups in total. The molecule has 0 aromatic carbocycles. The normalized spacial score (nSPS) is 48.4. The maximum absolute atomic E-state index is 12.4. The summed E-state index contributed by atoms with van der Waals surface area (Å²) < 4.78 is 50.7. The fourth-order valence-electron chi connectivity index (χ4n) is 7.73. The summed E-state index contributed by atoms with van der Waals surface area (Å²) in [6.45, 7) is -4.58. The molecule has 29 nitrogen and oxygen atoms in total. The van der Waals surface area contributed by atoms with Gasteiger partial charge < -0.3 is 135 Å². The van der Waals surface area contributed by atoms with Crippen molar-refractivity contribution < 1.29 is 134 Å². The van der Waals surface area contributed by atoms with Gasteiger partial charge in [-0.1, -0.05) is 0 Å². The Morgan fingerprint density at radius 3 is 1.43 bits per heavy atom. The second-order valence-electron chi connectivity index (χ2n) is 15.5. The van der Waals surface area contributed by atoms with Crippen LogP contribution in [-0.2, 0) is 52.2 Å². The van der Waals surface area contributed by atoms with Gasteiger partial charge in [0.05, 0.1) is 33.0 Å². The summed E-state index contributed by atoms with van der Waals surface area (Å²) in [6.07, 6.45) is -43.0. The van der Waals surface area contributed by atoms with Gasteiger partial charge in [0.25, 0.3) is 0 Å². The third kappa shape index (κ3) is 11.4. The van der Waals surface area contributed by atoms with Crippen molar-refractivity contribution in [2.45, 2.75) is 160 Å². The predicted molar refractivity (Wildman–Crippen MR) is 191 cm³/mol. The minimum absolute atomic E-state index is 0.824. The standard InChI is InChI=1S/C34H58N2O27/c1-8(42)35-16-21(48)28(12(5-40)59-31(16)61-27-11(4-39)56-30(54)15(20(27)47)36-14(43)6-41)62-34-26(53)29(63-33-25(52)23(50)18(45)10(3-38)58-33)19(46)13(60-34)7-55-32-24(51)22(49)17(44)9(2-37)57-32/h9-13,15-34,37-41,44-54H,2-7H2,1H3,(H,35,42)(H,36,43)/t9-,10-,11-,12-,13-,15-,16-,17-,18-,19-,20-,21-,22+,23+,24+,25+,26+,27-,28-,29+,30-,31+,32+,33-,34+/m1/s1. The van der Waals surface area contributed by atoms with Crippen molar-refractivity contribution in [3.63, 3.8) is 0 Å². The summed E-state index contributed by atoms with van der Waals surface area (Å²) in [5, 5.41) is 172. The van der Waals surface area contributed by atoms with Crippen molar-refractivity contribution in [3.8, 4) is 0 Å². The molecule has 5 aliphatic rings. The van der Waals surface area contributed by atoms with Gasteiger partial charge in [-0.05, 0) is 0 Å². The summed E-state index contributed by atoms with van der Waals surface area (Å²) in [4.78, 5) is 24.4. The van der Waals surface area contributed by atoms with E-state index in [1.165, 1.54) is 0 Å². The second kappa shape index (κ2) is 22.6. The van der Waals surface area contributed by atoms with Gasteiger partial charge in [0.1, 0.15) is 129 Å². The third-order valence-electron chi connectivity index (χ3n) is 11.2. The molecule has 366 valence electrons. The zero-order chi connectivity index (χ0) is 46.6. The Morgan fingerprint density at radius 1 is 0.444 bits per heavy atom. The summed E-state index contributed by atoms with van der Waals surface area (Å²) in [5.41, 5.74) is 0. The lowest BCUT2D eigenvalue weighted by molar-refractivity contribution is -0.384. The summed E-state index contributed by atoms with van der Waals surface area (Å²) in [5.74, 6) is -1.87. The Balaban J connectivity index is 1.41. The Bertz CT molecular complexity index is 1450. The number of nitrogens with one attached hydrogen (secondary N) is 2. The number of amides is 2. The molecule has 25 atom stereocenters. The van der Waals surface area contributed by atoms with Crippen LogP contribution in [0.25, 0.3) is 0 Å². The first-order valence-corrected chi connectivity index (χ1v) is 19.8. The number of aliphatic hydroxyl groups is 16. The quantitative estimate of drug-likeness (QED) is 0.0683. The molecule has 5 fully saturated rings. The monoisotopic (exact) mass is 926 g/mol. The van der Waals surface area contributed by atoms with Gasteiger partial charge in [-0.15, -0.1) is 0 Å². The lowest BCUT2D eigenvalue weighted by Gasteiger charge is -2.50. The topological polar surface area (TPSA) is 465 Å². The van der Waals surface area contributed by atoms with E-state index in [9.17, 15) is 91.3 Å². The number of hydrogen-bond donors (Lipinski definition) is 18. The smallest absolute Gasteiger partial charge is 0.246 e. The van der Waals surface area contributed by atoms with Crippen molar-refractivity contribution in [1.29, 1.82) is 0 Å². The van der Waals surface area contributed by atoms with Crippen molar-refractivity contribution in [3.05, 3.63) is 0 Å². The van der Waals surface area contributed by atoms with E-state index in [4.69, 9.17) is 42.6 Å². The SMILES string of the molecule is CC(=O)N[C@H]1[C@H](O[C@H]2[C@H](O)[C@@H](NC(=O)CO)[C@H](O)O[C@@H]2CO)O[C@H](CO)[C@@H](O[C@@H]2O[C@H](CO[C@H]3O[C@H](CO)[C@@H](O)[C@H](O)[C@@H]3O)[C@@H](O)[C@H](O[C@H]3O[C@H](CO)[C@@H](O)[C@H](O)[C@@H]3O)[C@@H]2O)[C@@H]1O. The molecule has 5 aliphatic heterocycles. The van der Waals surface area contributed by atoms with E-state index >= 15 is 0 Å². The first-order chi connectivity index (χ1) is 29.8. The van der Waals surface area contributed by atoms with Crippen molar-refractivity contribution in [2.75, 3.05) is 39.6 Å². The van der Waals surface area contributed by atoms with Crippen LogP contribution in [0.1, 0.15) is 6.92 Å². The second-order valence-corrected chi connectivity index (χ2v) is 15.5. The van der Waals surface area contributed by atoms with Crippen molar-refractivity contribution in [1.82, 2.24) is 10.6 Å². The van der Waals surface area contributed by atoms with Gasteiger partial charge in [0.15, 0.2) is 31.5 Å². The van der Waals surface area contributed by atoms with Gasteiger partial charge in [-0.3, -0.25) is 9.59 Å². The van der Waals surface area contributed by atoms with Crippen LogP contribution >= 0.6 is 0 Å². The Morgan fingerprint density at radius 2 is 0.889 bits per heavy atom. The molecule has 29 heteroatoms. The minimum atomic E-state index is -2.20. The van der Waals surface area contributed by atoms with Gasteiger partial charge in [0.2, 0.25) is 11.8 Å². The van der Waals surface area contributed by atoms with E-state index in [1.54, 1.807) is 0 Å². The predicted octanol–water partition coefficient (Wildman–Crippen LogP) is -12.7. The summed E-state index contributed by atoms with van der Waals surface area (Å²) >= 11 is 0. The van der Waals surface area contributed by atoms with Crippen LogP contribution in [0.4, 0.5) is 0 Å². The molecule has 0 bridgehead atoms. The van der Waals surface area contributed by atoms with Gasteiger partial charge in [0, 0.05) is 6.92 Å². The van der Waals surface area contributed by atoms with E-state index in [1.807, 2.05) is 0 Å². The molecule has 0 aromatic heterocycles. The van der Waals surface area contributed by atoms with E-state index in [-0.39, 0.29) is 0 Å². The molecule has 0 spiro atoms. The van der Waals surface area contributed by atoms with Gasteiger partial charge in [-0.2, -0.15) is 0 Å². The zero-order valence-corrected chi connectivity index (χ0v) is 33.3. The van der Waals surface area contributed by atoms with E-state index in [0.717, 1.165) is 6.92 Å². The fourth-order valence-corrected chi connectivity index (χ4v) is 7.73. The molecule has 2 amide bonds. The molecule has 0 unspecified atom stereocenters. The highest BCUT2D eigenvalue weighted by atomic mass is 16.8. The van der Waals surface area contributed by atoms with Crippen LogP contribution in [0.2, 0.25) is 0 Å². The lowest BCUT2D eigenvalue weighted by atomic mass is 9.94. The average molecular weight is 927 g/mol. The first-order valence-electron chi connectivity index (χ1n) is 19.8.